The molecule has 0 radical (unpaired) electrons. The molecule has 1 saturated heterocycles. The highest BCUT2D eigenvalue weighted by Crippen LogP contribution is 2.50. The Balaban J connectivity index is 1.68. The van der Waals surface area contributed by atoms with E-state index >= 15 is 0 Å². The van der Waals surface area contributed by atoms with Crippen molar-refractivity contribution < 1.29 is 14.0 Å². The Morgan fingerprint density at radius 1 is 1.14 bits per heavy atom. The Hall–Kier alpha value is -0.100. The maximum Gasteiger partial charge on any atom is 0.168 e. The summed E-state index contributed by atoms with van der Waals surface area (Å²) in [5.74, 6) is 0.512. The van der Waals surface area contributed by atoms with Crippen LogP contribution in [0.3, 0.4) is 0 Å². The molecule has 2 aliphatic carbocycles. The van der Waals surface area contributed by atoms with Gasteiger partial charge in [0.1, 0.15) is 16.1 Å². The number of rotatable bonds is 4. The van der Waals surface area contributed by atoms with Crippen LogP contribution >= 0.6 is 0 Å². The molecule has 0 bridgehead atoms. The van der Waals surface area contributed by atoms with Gasteiger partial charge in [0.15, 0.2) is 5.79 Å². The molecule has 0 aromatic carbocycles. The fraction of sp³-hybridized carbons (Fsp3) is 0.941. The smallest absolute Gasteiger partial charge is 0.168 e. The molecule has 3 rings (SSSR count). The molecule has 0 amide bonds. The number of hydrogen-bond acceptors (Lipinski definition) is 4. The SMILES string of the molecule is CC(C)(C)[S+]([O-])N=CC1(CC2CC2)CCC2(CC1)OCCO2. The molecule has 1 heterocycles. The van der Waals surface area contributed by atoms with E-state index in [1.54, 1.807) is 0 Å². The van der Waals surface area contributed by atoms with Gasteiger partial charge < -0.3 is 14.0 Å². The topological polar surface area (TPSA) is 53.9 Å². The predicted molar refractivity (Wildman–Crippen MR) is 89.3 cm³/mol. The van der Waals surface area contributed by atoms with Crippen molar-refractivity contribution in [2.75, 3.05) is 13.2 Å². The van der Waals surface area contributed by atoms with Crippen molar-refractivity contribution in [1.29, 1.82) is 0 Å². The Bertz CT molecular complexity index is 412. The summed E-state index contributed by atoms with van der Waals surface area (Å²) in [6.45, 7) is 7.37. The lowest BCUT2D eigenvalue weighted by Gasteiger charge is -2.41. The van der Waals surface area contributed by atoms with Crippen LogP contribution in [-0.2, 0) is 20.8 Å². The van der Waals surface area contributed by atoms with Crippen LogP contribution in [0.1, 0.15) is 65.7 Å². The van der Waals surface area contributed by atoms with Gasteiger partial charge in [0.25, 0.3) is 0 Å². The first-order valence-electron chi connectivity index (χ1n) is 8.58. The van der Waals surface area contributed by atoms with Crippen LogP contribution in [0.15, 0.2) is 4.40 Å². The minimum atomic E-state index is -1.16. The Labute approximate surface area is 137 Å². The van der Waals surface area contributed by atoms with Crippen LogP contribution in [0.5, 0.6) is 0 Å². The minimum absolute atomic E-state index is 0.0998. The summed E-state index contributed by atoms with van der Waals surface area (Å²) in [5, 5.41) is 0. The van der Waals surface area contributed by atoms with E-state index in [0.717, 1.165) is 44.8 Å². The Kier molecular flexibility index (Phi) is 4.63. The van der Waals surface area contributed by atoms with Crippen molar-refractivity contribution in [3.05, 3.63) is 0 Å². The zero-order chi connectivity index (χ0) is 15.8. The highest BCUT2D eigenvalue weighted by atomic mass is 32.2. The van der Waals surface area contributed by atoms with Crippen molar-refractivity contribution in [3.8, 4) is 0 Å². The van der Waals surface area contributed by atoms with Crippen LogP contribution in [0, 0.1) is 11.3 Å². The van der Waals surface area contributed by atoms with Gasteiger partial charge >= 0.3 is 0 Å². The molecular formula is C17H29NO3S. The summed E-state index contributed by atoms with van der Waals surface area (Å²) < 4.78 is 28.1. The van der Waals surface area contributed by atoms with Gasteiger partial charge in [-0.3, -0.25) is 0 Å². The van der Waals surface area contributed by atoms with Gasteiger partial charge in [-0.05, 0) is 46.0 Å². The fourth-order valence-corrected chi connectivity index (χ4v) is 4.15. The molecule has 22 heavy (non-hydrogen) atoms. The van der Waals surface area contributed by atoms with E-state index in [-0.39, 0.29) is 15.9 Å². The van der Waals surface area contributed by atoms with Crippen LogP contribution < -0.4 is 0 Å². The molecule has 1 aliphatic heterocycles. The van der Waals surface area contributed by atoms with Gasteiger partial charge in [-0.1, -0.05) is 17.2 Å². The van der Waals surface area contributed by atoms with Crippen LogP contribution in [0.2, 0.25) is 0 Å². The van der Waals surface area contributed by atoms with Gasteiger partial charge in [-0.25, -0.2) is 0 Å². The third-order valence-electron chi connectivity index (χ3n) is 5.16. The molecule has 1 spiro atoms. The average molecular weight is 327 g/mol. The summed E-state index contributed by atoms with van der Waals surface area (Å²) in [4.78, 5) is 0. The van der Waals surface area contributed by atoms with Gasteiger partial charge in [0.2, 0.25) is 0 Å². The molecule has 0 aromatic heterocycles. The van der Waals surface area contributed by atoms with E-state index in [2.05, 4.69) is 4.40 Å². The van der Waals surface area contributed by atoms with E-state index in [4.69, 9.17) is 9.47 Å². The monoisotopic (exact) mass is 327 g/mol. The lowest BCUT2D eigenvalue weighted by molar-refractivity contribution is -0.186. The van der Waals surface area contributed by atoms with Crippen LogP contribution in [0.25, 0.3) is 0 Å². The van der Waals surface area contributed by atoms with Gasteiger partial charge in [0.05, 0.1) is 19.4 Å². The highest BCUT2D eigenvalue weighted by molar-refractivity contribution is 7.91. The highest BCUT2D eigenvalue weighted by Gasteiger charge is 2.47. The van der Waals surface area contributed by atoms with Crippen molar-refractivity contribution in [3.63, 3.8) is 0 Å². The quantitative estimate of drug-likeness (QED) is 0.585. The van der Waals surface area contributed by atoms with E-state index < -0.39 is 11.4 Å². The fourth-order valence-electron chi connectivity index (χ4n) is 3.52. The molecule has 3 fully saturated rings. The molecular weight excluding hydrogens is 298 g/mol. The molecule has 1 atom stereocenters. The third-order valence-corrected chi connectivity index (χ3v) is 6.50. The van der Waals surface area contributed by atoms with E-state index in [1.807, 2.05) is 27.0 Å². The lowest BCUT2D eigenvalue weighted by Crippen LogP contribution is -2.41. The first-order valence-corrected chi connectivity index (χ1v) is 9.69. The Morgan fingerprint density at radius 3 is 2.23 bits per heavy atom. The summed E-state index contributed by atoms with van der Waals surface area (Å²) in [7, 11) is 0. The van der Waals surface area contributed by atoms with Crippen LogP contribution in [0.4, 0.5) is 0 Å². The summed E-state index contributed by atoms with van der Waals surface area (Å²) in [6.07, 6.45) is 9.86. The van der Waals surface area contributed by atoms with Gasteiger partial charge in [-0.2, -0.15) is 0 Å². The third kappa shape index (κ3) is 3.86. The molecule has 5 heteroatoms. The molecule has 2 saturated carbocycles. The second-order valence-corrected chi connectivity index (χ2v) is 10.1. The molecule has 0 aromatic rings. The first kappa shape index (κ1) is 16.7. The number of hydrogen-bond donors (Lipinski definition) is 0. The first-order chi connectivity index (χ1) is 10.3. The largest absolute Gasteiger partial charge is 0.591 e. The second-order valence-electron chi connectivity index (χ2n) is 8.21. The zero-order valence-electron chi connectivity index (χ0n) is 14.1. The minimum Gasteiger partial charge on any atom is -0.591 e. The van der Waals surface area contributed by atoms with Crippen LogP contribution in [-0.4, -0.2) is 34.5 Å². The number of ether oxygens (including phenoxy) is 2. The zero-order valence-corrected chi connectivity index (χ0v) is 14.9. The summed E-state index contributed by atoms with van der Waals surface area (Å²) >= 11 is -1.16. The number of nitrogens with zero attached hydrogens (tertiary/aromatic N) is 1. The molecule has 0 N–H and O–H groups in total. The predicted octanol–water partition coefficient (Wildman–Crippen LogP) is 3.62. The normalized spacial score (nSPS) is 29.3. The average Bonchev–Trinajstić information content (AvgIpc) is 3.16. The Morgan fingerprint density at radius 2 is 1.73 bits per heavy atom. The summed E-state index contributed by atoms with van der Waals surface area (Å²) in [5.41, 5.74) is 0.0998. The van der Waals surface area contributed by atoms with Crippen molar-refractivity contribution in [2.24, 2.45) is 15.7 Å². The lowest BCUT2D eigenvalue weighted by atomic mass is 9.69. The van der Waals surface area contributed by atoms with E-state index in [1.165, 1.54) is 19.3 Å². The molecule has 4 nitrogen and oxygen atoms in total. The molecule has 1 unspecified atom stereocenters. The maximum atomic E-state index is 12.3. The van der Waals surface area contributed by atoms with Crippen molar-refractivity contribution in [2.45, 2.75) is 76.3 Å². The molecule has 126 valence electrons. The van der Waals surface area contributed by atoms with E-state index in [0.29, 0.717) is 0 Å². The maximum absolute atomic E-state index is 12.3. The van der Waals surface area contributed by atoms with Gasteiger partial charge in [-0.15, -0.1) is 0 Å². The summed E-state index contributed by atoms with van der Waals surface area (Å²) in [6, 6.07) is 0. The van der Waals surface area contributed by atoms with E-state index in [9.17, 15) is 4.55 Å². The van der Waals surface area contributed by atoms with Crippen molar-refractivity contribution in [1.82, 2.24) is 0 Å². The van der Waals surface area contributed by atoms with Crippen molar-refractivity contribution >= 4 is 17.6 Å². The van der Waals surface area contributed by atoms with Gasteiger partial charge in [0, 0.05) is 18.3 Å². The second kappa shape index (κ2) is 6.08. The molecule has 3 aliphatic rings. The standard InChI is InChI=1S/C17H29NO3S/c1-15(2,3)22(19)18-13-16(12-14-4-5-14)6-8-17(9-7-16)20-10-11-21-17/h13-14H,4-12H2,1-3H3.